The first-order valence-corrected chi connectivity index (χ1v) is 10.7. The van der Waals surface area contributed by atoms with Crippen LogP contribution in [-0.2, 0) is 14.9 Å². The van der Waals surface area contributed by atoms with E-state index in [0.717, 1.165) is 32.1 Å². The molecule has 0 radical (unpaired) electrons. The maximum atomic E-state index is 11.4. The number of allylic oxidation sites excluding steroid dienone is 2. The molecule has 24 heavy (non-hydrogen) atoms. The Morgan fingerprint density at radius 3 is 2.17 bits per heavy atom. The first-order chi connectivity index (χ1) is 11.4. The van der Waals surface area contributed by atoms with Crippen molar-refractivity contribution in [2.75, 3.05) is 0 Å². The van der Waals surface area contributed by atoms with Crippen molar-refractivity contribution < 1.29 is 22.9 Å². The summed E-state index contributed by atoms with van der Waals surface area (Å²) in [6.45, 7) is 2.16. The molecule has 0 spiro atoms. The van der Waals surface area contributed by atoms with Gasteiger partial charge in [-0.2, -0.15) is 8.42 Å². The molecule has 0 saturated carbocycles. The average molecular weight is 363 g/mol. The molecule has 0 amide bonds. The number of carbonyl (C=O) groups is 1. The molecule has 1 unspecified atom stereocenters. The Kier molecular flexibility index (Phi) is 13.9. The summed E-state index contributed by atoms with van der Waals surface area (Å²) in [5.41, 5.74) is 0. The predicted molar refractivity (Wildman–Crippen MR) is 97.8 cm³/mol. The minimum absolute atomic E-state index is 0.191. The standard InChI is InChI=1S/C18H34O5S/c1-2-3-4-5-8-11-14-17(24(21,22)23)15-12-9-6-7-10-13-16-18(19)20/h6,9,17H,2-5,7-8,10-16H2,1H3,(H,19,20)(H,21,22,23)/b9-6+. The maximum Gasteiger partial charge on any atom is 0.303 e. The number of unbranched alkanes of at least 4 members (excludes halogenated alkanes) is 7. The van der Waals surface area contributed by atoms with Gasteiger partial charge >= 0.3 is 5.97 Å². The fourth-order valence-electron chi connectivity index (χ4n) is 2.65. The Morgan fingerprint density at radius 1 is 0.917 bits per heavy atom. The Balaban J connectivity index is 3.89. The van der Waals surface area contributed by atoms with E-state index >= 15 is 0 Å². The molecule has 0 bridgehead atoms. The lowest BCUT2D eigenvalue weighted by atomic mass is 10.1. The van der Waals surface area contributed by atoms with Gasteiger partial charge in [0, 0.05) is 6.42 Å². The van der Waals surface area contributed by atoms with Gasteiger partial charge in [0.1, 0.15) is 0 Å². The van der Waals surface area contributed by atoms with Crippen molar-refractivity contribution in [1.29, 1.82) is 0 Å². The van der Waals surface area contributed by atoms with Gasteiger partial charge in [-0.3, -0.25) is 9.35 Å². The maximum absolute atomic E-state index is 11.4. The van der Waals surface area contributed by atoms with Crippen molar-refractivity contribution in [1.82, 2.24) is 0 Å². The van der Waals surface area contributed by atoms with Crippen LogP contribution in [0.2, 0.25) is 0 Å². The van der Waals surface area contributed by atoms with Crippen LogP contribution < -0.4 is 0 Å². The van der Waals surface area contributed by atoms with Crippen LogP contribution in [0.3, 0.4) is 0 Å². The van der Waals surface area contributed by atoms with Crippen LogP contribution in [0, 0.1) is 0 Å². The topological polar surface area (TPSA) is 91.7 Å². The summed E-state index contributed by atoms with van der Waals surface area (Å²) in [7, 11) is -3.97. The lowest BCUT2D eigenvalue weighted by molar-refractivity contribution is -0.137. The normalized spacial score (nSPS) is 13.4. The van der Waals surface area contributed by atoms with Crippen molar-refractivity contribution in [3.63, 3.8) is 0 Å². The highest BCUT2D eigenvalue weighted by Gasteiger charge is 2.21. The first kappa shape index (κ1) is 23.1. The zero-order chi connectivity index (χ0) is 18.3. The Hall–Kier alpha value is -0.880. The highest BCUT2D eigenvalue weighted by molar-refractivity contribution is 7.86. The lowest BCUT2D eigenvalue weighted by Gasteiger charge is -2.12. The van der Waals surface area contributed by atoms with Crippen LogP contribution in [-0.4, -0.2) is 29.3 Å². The third-order valence-electron chi connectivity index (χ3n) is 4.13. The van der Waals surface area contributed by atoms with E-state index in [1.54, 1.807) is 0 Å². The molecule has 1 atom stereocenters. The molecule has 0 aliphatic rings. The summed E-state index contributed by atoms with van der Waals surface area (Å²) in [5.74, 6) is -0.773. The monoisotopic (exact) mass is 362 g/mol. The smallest absolute Gasteiger partial charge is 0.303 e. The summed E-state index contributed by atoms with van der Waals surface area (Å²) in [4.78, 5) is 10.4. The molecule has 6 heteroatoms. The molecule has 0 aliphatic heterocycles. The van der Waals surface area contributed by atoms with Crippen LogP contribution in [0.1, 0.15) is 90.4 Å². The molecule has 0 heterocycles. The minimum Gasteiger partial charge on any atom is -0.481 e. The van der Waals surface area contributed by atoms with Crippen molar-refractivity contribution in [3.8, 4) is 0 Å². The average Bonchev–Trinajstić information content (AvgIpc) is 2.49. The van der Waals surface area contributed by atoms with Gasteiger partial charge in [-0.05, 0) is 38.5 Å². The van der Waals surface area contributed by atoms with Crippen LogP contribution in [0.15, 0.2) is 12.2 Å². The van der Waals surface area contributed by atoms with E-state index in [4.69, 9.17) is 5.11 Å². The van der Waals surface area contributed by atoms with E-state index in [-0.39, 0.29) is 6.42 Å². The molecule has 5 nitrogen and oxygen atoms in total. The van der Waals surface area contributed by atoms with Gasteiger partial charge in [0.25, 0.3) is 10.1 Å². The second-order valence-corrected chi connectivity index (χ2v) is 8.08. The number of aliphatic carboxylic acids is 1. The summed E-state index contributed by atoms with van der Waals surface area (Å²) in [5, 5.41) is 7.86. The van der Waals surface area contributed by atoms with Gasteiger partial charge in [0.2, 0.25) is 0 Å². The zero-order valence-electron chi connectivity index (χ0n) is 15.0. The van der Waals surface area contributed by atoms with Gasteiger partial charge in [0.05, 0.1) is 5.25 Å². The Morgan fingerprint density at radius 2 is 1.54 bits per heavy atom. The van der Waals surface area contributed by atoms with Crippen LogP contribution in [0.25, 0.3) is 0 Å². The fourth-order valence-corrected chi connectivity index (χ4v) is 3.55. The zero-order valence-corrected chi connectivity index (χ0v) is 15.8. The van der Waals surface area contributed by atoms with Crippen molar-refractivity contribution >= 4 is 16.1 Å². The van der Waals surface area contributed by atoms with Gasteiger partial charge < -0.3 is 5.11 Å². The second-order valence-electron chi connectivity index (χ2n) is 6.38. The number of hydrogen-bond donors (Lipinski definition) is 2. The molecule has 0 aromatic rings. The van der Waals surface area contributed by atoms with E-state index in [1.807, 2.05) is 12.2 Å². The summed E-state index contributed by atoms with van der Waals surface area (Å²) in [6.07, 6.45) is 14.6. The molecule has 0 aliphatic carbocycles. The van der Waals surface area contributed by atoms with Crippen molar-refractivity contribution in [2.24, 2.45) is 0 Å². The summed E-state index contributed by atoms with van der Waals surface area (Å²) >= 11 is 0. The predicted octanol–water partition coefficient (Wildman–Crippen LogP) is 4.97. The molecule has 0 fully saturated rings. The fraction of sp³-hybridized carbons (Fsp3) is 0.833. The van der Waals surface area contributed by atoms with Crippen molar-refractivity contribution in [3.05, 3.63) is 12.2 Å². The third-order valence-corrected chi connectivity index (χ3v) is 5.45. The van der Waals surface area contributed by atoms with E-state index in [2.05, 4.69) is 6.92 Å². The van der Waals surface area contributed by atoms with Gasteiger partial charge in [-0.15, -0.1) is 0 Å². The van der Waals surface area contributed by atoms with Crippen LogP contribution >= 0.6 is 0 Å². The molecule has 0 aromatic carbocycles. The summed E-state index contributed by atoms with van der Waals surface area (Å²) in [6, 6.07) is 0. The number of rotatable bonds is 16. The molecule has 142 valence electrons. The Bertz CT molecular complexity index is 442. The molecular formula is C18H34O5S. The van der Waals surface area contributed by atoms with E-state index < -0.39 is 21.3 Å². The largest absolute Gasteiger partial charge is 0.481 e. The summed E-state index contributed by atoms with van der Waals surface area (Å²) < 4.78 is 32.2. The van der Waals surface area contributed by atoms with Gasteiger partial charge in [-0.1, -0.05) is 57.6 Å². The van der Waals surface area contributed by atoms with E-state index in [0.29, 0.717) is 25.7 Å². The van der Waals surface area contributed by atoms with Gasteiger partial charge in [0.15, 0.2) is 0 Å². The molecule has 0 saturated heterocycles. The number of carboxylic acid groups (broad SMARTS) is 1. The molecule has 0 aromatic heterocycles. The lowest BCUT2D eigenvalue weighted by Crippen LogP contribution is -2.20. The van der Waals surface area contributed by atoms with Crippen LogP contribution in [0.5, 0.6) is 0 Å². The minimum atomic E-state index is -3.97. The SMILES string of the molecule is CCCCCCCCC(CC/C=C/CCCCC(=O)O)S(=O)(=O)O. The van der Waals surface area contributed by atoms with E-state index in [1.165, 1.54) is 19.3 Å². The molecule has 2 N–H and O–H groups in total. The molecular weight excluding hydrogens is 328 g/mol. The van der Waals surface area contributed by atoms with Crippen LogP contribution in [0.4, 0.5) is 0 Å². The third kappa shape index (κ3) is 14.7. The van der Waals surface area contributed by atoms with E-state index in [9.17, 15) is 17.8 Å². The highest BCUT2D eigenvalue weighted by atomic mass is 32.2. The molecule has 0 rings (SSSR count). The number of carboxylic acids is 1. The van der Waals surface area contributed by atoms with Crippen molar-refractivity contribution in [2.45, 2.75) is 95.6 Å². The highest BCUT2D eigenvalue weighted by Crippen LogP contribution is 2.17. The quantitative estimate of drug-likeness (QED) is 0.230. The Labute approximate surface area is 147 Å². The van der Waals surface area contributed by atoms with Gasteiger partial charge in [-0.25, -0.2) is 0 Å². The number of hydrogen-bond acceptors (Lipinski definition) is 3. The second kappa shape index (κ2) is 14.5. The first-order valence-electron chi connectivity index (χ1n) is 9.21.